The van der Waals surface area contributed by atoms with Crippen molar-refractivity contribution < 1.29 is 38.2 Å². The molecule has 2 heterocycles. The molecule has 0 aliphatic heterocycles. The van der Waals surface area contributed by atoms with Crippen LogP contribution in [0.5, 0.6) is 5.88 Å². The van der Waals surface area contributed by atoms with Crippen LogP contribution in [0.2, 0.25) is 0 Å². The van der Waals surface area contributed by atoms with Crippen LogP contribution in [0.15, 0.2) is 65.3 Å². The van der Waals surface area contributed by atoms with Gasteiger partial charge in [-0.3, -0.25) is 15.0 Å². The van der Waals surface area contributed by atoms with Gasteiger partial charge in [0.05, 0.1) is 19.3 Å². The number of pyridine rings is 1. The summed E-state index contributed by atoms with van der Waals surface area (Å²) in [4.78, 5) is 60.1. The summed E-state index contributed by atoms with van der Waals surface area (Å²) in [5.74, 6) is -3.07. The van der Waals surface area contributed by atoms with Gasteiger partial charge in [0.2, 0.25) is 5.88 Å². The van der Waals surface area contributed by atoms with Gasteiger partial charge in [0, 0.05) is 40.8 Å². The number of carboxylic acid groups (broad SMARTS) is 1. The number of carboxylic acids is 1. The van der Waals surface area contributed by atoms with Crippen molar-refractivity contribution in [1.29, 1.82) is 5.41 Å². The smallest absolute Gasteiger partial charge is 0.360 e. The number of aromatic carboxylic acids is 1. The zero-order chi connectivity index (χ0) is 34.2. The fourth-order valence-electron chi connectivity index (χ4n) is 4.95. The Labute approximate surface area is 270 Å². The van der Waals surface area contributed by atoms with Crippen molar-refractivity contribution in [2.24, 2.45) is 11.7 Å². The van der Waals surface area contributed by atoms with E-state index in [1.807, 2.05) is 13.8 Å². The normalized spacial score (nSPS) is 11.5. The predicted molar refractivity (Wildman–Crippen MR) is 172 cm³/mol. The van der Waals surface area contributed by atoms with Crippen LogP contribution in [0.4, 0.5) is 5.69 Å². The summed E-state index contributed by atoms with van der Waals surface area (Å²) in [6.45, 7) is 5.79. The third-order valence-corrected chi connectivity index (χ3v) is 7.15. The second-order valence-electron chi connectivity index (χ2n) is 11.0. The lowest BCUT2D eigenvalue weighted by atomic mass is 9.89. The number of amides is 1. The van der Waals surface area contributed by atoms with Crippen LogP contribution >= 0.6 is 0 Å². The maximum absolute atomic E-state index is 13.5. The van der Waals surface area contributed by atoms with Crippen molar-refractivity contribution in [3.63, 3.8) is 0 Å². The first kappa shape index (κ1) is 34.0. The van der Waals surface area contributed by atoms with E-state index in [1.165, 1.54) is 43.7 Å². The molecule has 4 rings (SSSR count). The Bertz CT molecular complexity index is 1810. The van der Waals surface area contributed by atoms with E-state index in [2.05, 4.69) is 15.3 Å². The number of nitrogens with zero attached hydrogens (tertiary/aromatic N) is 2. The third-order valence-electron chi connectivity index (χ3n) is 7.15. The molecule has 1 atom stereocenters. The molecular weight excluding hydrogens is 606 g/mol. The number of rotatable bonds is 14. The summed E-state index contributed by atoms with van der Waals surface area (Å²) < 4.78 is 15.8. The number of hydrogen-bond acceptors (Lipinski definition) is 10. The number of hydrogen-bond donors (Lipinski definition) is 4. The number of Topliss-reactive ketones (excluding diaryl/α,β-unsaturated/α-hetero) is 1. The maximum Gasteiger partial charge on any atom is 0.360 e. The molecule has 13 heteroatoms. The summed E-state index contributed by atoms with van der Waals surface area (Å²) in [5.41, 5.74) is 6.54. The van der Waals surface area contributed by atoms with Crippen LogP contribution in [0.3, 0.4) is 0 Å². The number of amidine groups is 1. The fourth-order valence-corrected chi connectivity index (χ4v) is 4.95. The lowest BCUT2D eigenvalue weighted by molar-refractivity contribution is 0.0518. The number of benzene rings is 2. The van der Waals surface area contributed by atoms with Crippen molar-refractivity contribution in [2.45, 2.75) is 39.5 Å². The summed E-state index contributed by atoms with van der Waals surface area (Å²) in [6, 6.07) is 13.5. The topological polar surface area (TPSA) is 208 Å². The molecule has 0 radical (unpaired) electrons. The molecular formula is C34H35N5O8. The molecule has 47 heavy (non-hydrogen) atoms. The molecule has 0 bridgehead atoms. The van der Waals surface area contributed by atoms with Gasteiger partial charge in [-0.05, 0) is 61.2 Å². The standard InChI is InChI=1S/C34H35N5O8/c1-5-46-34(44)26-17-47-32(38-26)21(14-18(2)3)16-27(40)20-8-11-23(25(15-20)33(42)43)24-12-13-28(45-4)39-29(24)31(41)37-22-9-6-19(7-10-22)30(35)36/h6-13,15,17-18,21H,5,14,16H2,1-4H3,(H3,35,36)(H,37,41)(H,42,43). The van der Waals surface area contributed by atoms with Crippen molar-refractivity contribution in [1.82, 2.24) is 9.97 Å². The van der Waals surface area contributed by atoms with Crippen LogP contribution in [-0.2, 0) is 4.74 Å². The van der Waals surface area contributed by atoms with Gasteiger partial charge in [0.25, 0.3) is 5.91 Å². The number of nitrogens with one attached hydrogen (secondary N) is 2. The molecule has 0 saturated carbocycles. The highest BCUT2D eigenvalue weighted by atomic mass is 16.5. The molecule has 0 spiro atoms. The van der Waals surface area contributed by atoms with E-state index in [0.29, 0.717) is 17.7 Å². The van der Waals surface area contributed by atoms with E-state index in [0.717, 1.165) is 0 Å². The Kier molecular flexibility index (Phi) is 10.8. The van der Waals surface area contributed by atoms with Gasteiger partial charge in [-0.1, -0.05) is 26.0 Å². The zero-order valence-corrected chi connectivity index (χ0v) is 26.3. The quantitative estimate of drug-likeness (QED) is 0.0580. The Morgan fingerprint density at radius 1 is 1.00 bits per heavy atom. The molecule has 2 aromatic heterocycles. The molecule has 1 amide bonds. The molecule has 0 saturated heterocycles. The van der Waals surface area contributed by atoms with Crippen LogP contribution in [0.1, 0.15) is 92.7 Å². The van der Waals surface area contributed by atoms with Crippen molar-refractivity contribution in [2.75, 3.05) is 19.0 Å². The Morgan fingerprint density at radius 2 is 1.68 bits per heavy atom. The lowest BCUT2D eigenvalue weighted by Crippen LogP contribution is -2.17. The van der Waals surface area contributed by atoms with E-state index in [1.54, 1.807) is 31.2 Å². The number of oxazole rings is 1. The minimum absolute atomic E-state index is 0.00147. The summed E-state index contributed by atoms with van der Waals surface area (Å²) in [5, 5.41) is 20.5. The van der Waals surface area contributed by atoms with Crippen LogP contribution in [0, 0.1) is 11.3 Å². The average Bonchev–Trinajstić information content (AvgIpc) is 3.55. The number of ether oxygens (including phenoxy) is 2. The number of methoxy groups -OCH3 is 1. The molecule has 0 fully saturated rings. The summed E-state index contributed by atoms with van der Waals surface area (Å²) >= 11 is 0. The molecule has 244 valence electrons. The highest BCUT2D eigenvalue weighted by Gasteiger charge is 2.27. The summed E-state index contributed by atoms with van der Waals surface area (Å²) in [7, 11) is 1.38. The fraction of sp³-hybridized carbons (Fsp3) is 0.265. The van der Waals surface area contributed by atoms with Gasteiger partial charge >= 0.3 is 11.9 Å². The average molecular weight is 642 g/mol. The molecule has 0 aliphatic carbocycles. The van der Waals surface area contributed by atoms with Gasteiger partial charge in [0.1, 0.15) is 17.8 Å². The highest BCUT2D eigenvalue weighted by molar-refractivity contribution is 6.10. The number of aromatic nitrogens is 2. The van der Waals surface area contributed by atoms with Crippen molar-refractivity contribution >= 4 is 35.2 Å². The van der Waals surface area contributed by atoms with E-state index >= 15 is 0 Å². The number of ketones is 1. The third kappa shape index (κ3) is 8.25. The highest BCUT2D eigenvalue weighted by Crippen LogP contribution is 2.32. The van der Waals surface area contributed by atoms with Gasteiger partial charge in [-0.25, -0.2) is 19.6 Å². The van der Waals surface area contributed by atoms with E-state index < -0.39 is 23.8 Å². The van der Waals surface area contributed by atoms with Crippen LogP contribution in [0.25, 0.3) is 11.1 Å². The second kappa shape index (κ2) is 15.0. The number of esters is 1. The largest absolute Gasteiger partial charge is 0.481 e. The predicted octanol–water partition coefficient (Wildman–Crippen LogP) is 5.56. The number of carbonyl (C=O) groups excluding carboxylic acids is 3. The van der Waals surface area contributed by atoms with Crippen molar-refractivity contribution in [3.05, 3.63) is 94.8 Å². The Hall–Kier alpha value is -5.85. The maximum atomic E-state index is 13.5. The first-order valence-corrected chi connectivity index (χ1v) is 14.8. The zero-order valence-electron chi connectivity index (χ0n) is 26.3. The molecule has 2 aromatic carbocycles. The van der Waals surface area contributed by atoms with Gasteiger partial charge in [0.15, 0.2) is 17.4 Å². The molecule has 5 N–H and O–H groups in total. The second-order valence-corrected chi connectivity index (χ2v) is 11.0. The monoisotopic (exact) mass is 641 g/mol. The first-order chi connectivity index (χ1) is 22.4. The van der Waals surface area contributed by atoms with Crippen molar-refractivity contribution in [3.8, 4) is 17.0 Å². The SMILES string of the molecule is CCOC(=O)c1coc(C(CC(=O)c2ccc(-c3ccc(OC)nc3C(=O)Nc3ccc(C(=N)N)cc3)c(C(=O)O)c2)CC(C)C)n1. The number of nitrogen functional groups attached to an aromatic ring is 1. The van der Waals surface area contributed by atoms with Crippen LogP contribution in [-0.4, -0.2) is 58.3 Å². The molecule has 13 nitrogen and oxygen atoms in total. The Morgan fingerprint density at radius 3 is 2.30 bits per heavy atom. The van der Waals surface area contributed by atoms with E-state index in [9.17, 15) is 24.3 Å². The van der Waals surface area contributed by atoms with Gasteiger partial charge < -0.3 is 30.0 Å². The minimum atomic E-state index is -1.32. The minimum Gasteiger partial charge on any atom is -0.481 e. The number of anilines is 1. The van der Waals surface area contributed by atoms with Crippen LogP contribution < -0.4 is 15.8 Å². The van der Waals surface area contributed by atoms with Gasteiger partial charge in [-0.15, -0.1) is 0 Å². The van der Waals surface area contributed by atoms with Gasteiger partial charge in [-0.2, -0.15) is 0 Å². The Balaban J connectivity index is 1.66. The number of carbonyl (C=O) groups is 4. The van der Waals surface area contributed by atoms with E-state index in [4.69, 9.17) is 25.0 Å². The first-order valence-electron chi connectivity index (χ1n) is 14.8. The molecule has 0 aliphatic rings. The lowest BCUT2D eigenvalue weighted by Gasteiger charge is -2.16. The molecule has 4 aromatic rings. The summed E-state index contributed by atoms with van der Waals surface area (Å²) in [6.07, 6.45) is 1.66. The molecule has 1 unspecified atom stereocenters. The van der Waals surface area contributed by atoms with E-state index in [-0.39, 0.29) is 76.0 Å². The number of nitrogens with two attached hydrogens (primary N) is 1.